The highest BCUT2D eigenvalue weighted by atomic mass is 16.8. The molecule has 1 amide bonds. The van der Waals surface area contributed by atoms with Gasteiger partial charge in [0, 0.05) is 6.42 Å². The maximum absolute atomic E-state index is 13.2. The Balaban J connectivity index is 1.56. The molecule has 0 spiro atoms. The lowest BCUT2D eigenvalue weighted by Gasteiger charge is -2.48. The molecule has 0 aromatic heterocycles. The van der Waals surface area contributed by atoms with Gasteiger partial charge in [0.15, 0.2) is 18.9 Å². The van der Waals surface area contributed by atoms with Crippen LogP contribution in [0.4, 0.5) is 0 Å². The fraction of sp³-hybridized carbons (Fsp3) is 0.830. The van der Waals surface area contributed by atoms with E-state index >= 15 is 0 Å². The Morgan fingerprint density at radius 2 is 0.931 bits per heavy atom. The number of carbonyl (C=O) groups is 1. The molecular formula is C53H93NO18. The van der Waals surface area contributed by atoms with E-state index in [-0.39, 0.29) is 18.9 Å². The number of unbranched alkanes of at least 4 members (excludes halogenated alkanes) is 15. The molecule has 19 nitrogen and oxygen atoms in total. The Bertz CT molecular complexity index is 1520. The van der Waals surface area contributed by atoms with E-state index in [1.54, 1.807) is 6.08 Å². The van der Waals surface area contributed by atoms with E-state index in [0.29, 0.717) is 12.8 Å². The summed E-state index contributed by atoms with van der Waals surface area (Å²) in [6.45, 7) is 1.60. The second kappa shape index (κ2) is 37.5. The highest BCUT2D eigenvalue weighted by Crippen LogP contribution is 2.33. The summed E-state index contributed by atoms with van der Waals surface area (Å²) in [5.41, 5.74) is 0. The van der Waals surface area contributed by atoms with Crippen LogP contribution in [0.15, 0.2) is 48.6 Å². The number of amides is 1. The lowest BCUT2D eigenvalue weighted by molar-refractivity contribution is -0.379. The van der Waals surface area contributed by atoms with Crippen molar-refractivity contribution in [1.29, 1.82) is 0 Å². The second-order valence-electron chi connectivity index (χ2n) is 19.3. The van der Waals surface area contributed by atoms with Crippen LogP contribution in [0, 0.1) is 0 Å². The summed E-state index contributed by atoms with van der Waals surface area (Å²) in [5.74, 6) is -0.304. The molecule has 3 heterocycles. The Kier molecular flexibility index (Phi) is 33.3. The van der Waals surface area contributed by atoms with Crippen molar-refractivity contribution in [1.82, 2.24) is 5.32 Å². The molecule has 0 aromatic rings. The van der Waals surface area contributed by atoms with Crippen LogP contribution in [-0.4, -0.2) is 193 Å². The molecule has 17 unspecified atom stereocenters. The van der Waals surface area contributed by atoms with Crippen LogP contribution in [-0.2, 0) is 33.2 Å². The minimum Gasteiger partial charge on any atom is -0.394 e. The van der Waals surface area contributed by atoms with E-state index in [0.717, 1.165) is 64.2 Å². The summed E-state index contributed by atoms with van der Waals surface area (Å²) in [6, 6.07) is -0.995. The number of hydrogen-bond acceptors (Lipinski definition) is 18. The summed E-state index contributed by atoms with van der Waals surface area (Å²) < 4.78 is 34.1. The summed E-state index contributed by atoms with van der Waals surface area (Å²) in [5, 5.41) is 120. The minimum atomic E-state index is -1.98. The minimum absolute atomic E-state index is 0.218. The Hall–Kier alpha value is -2.25. The van der Waals surface area contributed by atoms with Gasteiger partial charge in [0.2, 0.25) is 5.91 Å². The molecule has 0 aromatic carbocycles. The number of carbonyl (C=O) groups excluding carboxylic acids is 1. The maximum Gasteiger partial charge on any atom is 0.220 e. The molecule has 72 heavy (non-hydrogen) atoms. The first-order valence-electron chi connectivity index (χ1n) is 26.9. The number of allylic oxidation sites excluding steroid dienone is 7. The van der Waals surface area contributed by atoms with E-state index in [1.165, 1.54) is 51.4 Å². The zero-order valence-corrected chi connectivity index (χ0v) is 42.9. The van der Waals surface area contributed by atoms with Gasteiger partial charge in [-0.05, 0) is 64.2 Å². The molecular weight excluding hydrogens is 939 g/mol. The molecule has 3 saturated heterocycles. The first-order chi connectivity index (χ1) is 34.8. The second-order valence-corrected chi connectivity index (χ2v) is 19.3. The molecule has 0 radical (unpaired) electrons. The predicted molar refractivity (Wildman–Crippen MR) is 268 cm³/mol. The van der Waals surface area contributed by atoms with Gasteiger partial charge in [-0.2, -0.15) is 0 Å². The molecule has 3 fully saturated rings. The number of ether oxygens (including phenoxy) is 6. The van der Waals surface area contributed by atoms with Crippen LogP contribution in [0.2, 0.25) is 0 Å². The Morgan fingerprint density at radius 3 is 1.49 bits per heavy atom. The average molecular weight is 1030 g/mol. The lowest BCUT2D eigenvalue weighted by Crippen LogP contribution is -2.66. The number of rotatable bonds is 37. The average Bonchev–Trinajstić information content (AvgIpc) is 3.37. The lowest BCUT2D eigenvalue weighted by atomic mass is 9.96. The van der Waals surface area contributed by atoms with Crippen molar-refractivity contribution >= 4 is 5.91 Å². The molecule has 0 aliphatic carbocycles. The highest BCUT2D eigenvalue weighted by molar-refractivity contribution is 5.76. The van der Waals surface area contributed by atoms with Crippen molar-refractivity contribution in [2.45, 2.75) is 253 Å². The van der Waals surface area contributed by atoms with Gasteiger partial charge in [0.25, 0.3) is 0 Å². The van der Waals surface area contributed by atoms with Gasteiger partial charge in [0.05, 0.1) is 38.6 Å². The van der Waals surface area contributed by atoms with Gasteiger partial charge >= 0.3 is 0 Å². The van der Waals surface area contributed by atoms with Crippen LogP contribution < -0.4 is 5.32 Å². The Morgan fingerprint density at radius 1 is 0.500 bits per heavy atom. The number of aliphatic hydroxyl groups excluding tert-OH is 11. The van der Waals surface area contributed by atoms with Gasteiger partial charge in [0.1, 0.15) is 73.2 Å². The van der Waals surface area contributed by atoms with Crippen LogP contribution in [0.5, 0.6) is 0 Å². The van der Waals surface area contributed by atoms with Crippen molar-refractivity contribution in [3.8, 4) is 0 Å². The first-order valence-corrected chi connectivity index (χ1v) is 26.9. The van der Waals surface area contributed by atoms with E-state index in [1.807, 2.05) is 6.08 Å². The number of nitrogens with one attached hydrogen (secondary N) is 1. The van der Waals surface area contributed by atoms with Crippen LogP contribution >= 0.6 is 0 Å². The third-order valence-corrected chi connectivity index (χ3v) is 13.3. The molecule has 3 rings (SSSR count). The first kappa shape index (κ1) is 64.0. The van der Waals surface area contributed by atoms with Crippen LogP contribution in [0.1, 0.15) is 149 Å². The predicted octanol–water partition coefficient (Wildman–Crippen LogP) is 2.75. The third-order valence-electron chi connectivity index (χ3n) is 13.3. The van der Waals surface area contributed by atoms with Gasteiger partial charge in [-0.3, -0.25) is 4.79 Å². The quantitative estimate of drug-likeness (QED) is 0.0315. The third kappa shape index (κ3) is 22.5. The largest absolute Gasteiger partial charge is 0.394 e. The van der Waals surface area contributed by atoms with Crippen molar-refractivity contribution < 1.29 is 89.4 Å². The number of aliphatic hydroxyl groups is 11. The summed E-state index contributed by atoms with van der Waals surface area (Å²) in [7, 11) is 0. The van der Waals surface area contributed by atoms with E-state index in [2.05, 4.69) is 55.6 Å². The molecule has 19 heteroatoms. The zero-order valence-electron chi connectivity index (χ0n) is 42.9. The maximum atomic E-state index is 13.2. The topological polar surface area (TPSA) is 307 Å². The smallest absolute Gasteiger partial charge is 0.220 e. The summed E-state index contributed by atoms with van der Waals surface area (Å²) in [6.07, 6.45) is 11.1. The van der Waals surface area contributed by atoms with Crippen molar-refractivity contribution in [2.24, 2.45) is 0 Å². The van der Waals surface area contributed by atoms with E-state index < -0.39 is 124 Å². The highest BCUT2D eigenvalue weighted by Gasteiger charge is 2.53. The Labute approximate surface area is 427 Å². The zero-order chi connectivity index (χ0) is 52.7. The van der Waals surface area contributed by atoms with Crippen molar-refractivity contribution in [2.75, 3.05) is 26.4 Å². The SMILES string of the molecule is CCCCCC/C=C\C/C=C\CCCCCCCC(=O)NC(COC1OC(CO)C(OC2OC(CO)C(OC3OC(CO)C(O)C(O)C3O)C(O)C2O)C(O)C1O)C(O)/C=C/CC/C=C/CCCCCCC. The van der Waals surface area contributed by atoms with E-state index in [4.69, 9.17) is 28.4 Å². The fourth-order valence-corrected chi connectivity index (χ4v) is 8.82. The van der Waals surface area contributed by atoms with Gasteiger partial charge in [-0.15, -0.1) is 0 Å². The normalized spacial score (nSPS) is 32.4. The van der Waals surface area contributed by atoms with Crippen molar-refractivity contribution in [3.63, 3.8) is 0 Å². The molecule has 3 aliphatic heterocycles. The molecule has 3 aliphatic rings. The summed E-state index contributed by atoms with van der Waals surface area (Å²) in [4.78, 5) is 13.2. The fourth-order valence-electron chi connectivity index (χ4n) is 8.82. The molecule has 17 atom stereocenters. The molecule has 12 N–H and O–H groups in total. The molecule has 0 saturated carbocycles. The van der Waals surface area contributed by atoms with Gasteiger partial charge < -0.3 is 89.9 Å². The van der Waals surface area contributed by atoms with Gasteiger partial charge in [-0.25, -0.2) is 0 Å². The van der Waals surface area contributed by atoms with Crippen LogP contribution in [0.3, 0.4) is 0 Å². The van der Waals surface area contributed by atoms with E-state index in [9.17, 15) is 61.0 Å². The van der Waals surface area contributed by atoms with Gasteiger partial charge in [-0.1, -0.05) is 127 Å². The molecule has 0 bridgehead atoms. The number of hydrogen-bond donors (Lipinski definition) is 12. The molecule has 418 valence electrons. The monoisotopic (exact) mass is 1030 g/mol. The summed E-state index contributed by atoms with van der Waals surface area (Å²) >= 11 is 0. The van der Waals surface area contributed by atoms with Crippen LogP contribution in [0.25, 0.3) is 0 Å². The van der Waals surface area contributed by atoms with Crippen molar-refractivity contribution in [3.05, 3.63) is 48.6 Å². The standard InChI is InChI=1S/C53H93NO18/c1-3-5-7-9-11-13-15-16-17-18-19-21-23-25-27-29-31-41(59)54-36(37(58)30-28-26-24-22-20-14-12-10-8-6-4-2)35-67-51-47(65)44(62)49(39(33-56)69-51)72-53-48(66)45(63)50(40(34-57)70-53)71-52-46(64)43(61)42(60)38(32-55)68-52/h13,15,17-18,20,22,28,30,36-40,42-53,55-58,60-66H,3-12,14,16,19,21,23-27,29,31-35H2,1-2H3,(H,54,59)/b15-13-,18-17-,22-20+,30-28+.